The number of unbranched alkanes of at least 4 members (excludes halogenated alkanes) is 4. The van der Waals surface area contributed by atoms with E-state index in [1.807, 2.05) is 372 Å². The van der Waals surface area contributed by atoms with E-state index >= 15 is 0 Å². The molecule has 0 aliphatic heterocycles. The lowest BCUT2D eigenvalue weighted by Crippen LogP contribution is -2.25. The number of carbonyl (C=O) groups is 12. The van der Waals surface area contributed by atoms with E-state index < -0.39 is 10.8 Å². The molecule has 0 saturated heterocycles. The van der Waals surface area contributed by atoms with Crippen LogP contribution in [0.15, 0.2) is 146 Å². The van der Waals surface area contributed by atoms with Gasteiger partial charge < -0.3 is 37.9 Å². The minimum Gasteiger partial charge on any atom is -0.466 e. The Hall–Kier alpha value is -10.2. The maximum atomic E-state index is 11.7. The Labute approximate surface area is 837 Å². The molecule has 0 aliphatic rings. The number of ketones is 4. The van der Waals surface area contributed by atoms with Crippen LogP contribution in [0.1, 0.15) is 358 Å². The van der Waals surface area contributed by atoms with E-state index in [1.165, 1.54) is 17.5 Å². The lowest BCUT2D eigenvalue weighted by molar-refractivity contribution is -0.153. The molecule has 0 amide bonds. The highest BCUT2D eigenvalue weighted by atomic mass is 16.6. The Morgan fingerprint density at radius 3 is 0.804 bits per heavy atom. The molecule has 0 aliphatic carbocycles. The van der Waals surface area contributed by atoms with Gasteiger partial charge in [-0.1, -0.05) is 297 Å². The first kappa shape index (κ1) is 138. The molecular weight excluding hydrogens is 1740 g/mol. The van der Waals surface area contributed by atoms with E-state index in [2.05, 4.69) is 25.5 Å². The minimum atomic E-state index is -0.455. The van der Waals surface area contributed by atoms with Crippen molar-refractivity contribution in [3.05, 3.63) is 190 Å². The van der Waals surface area contributed by atoms with Crippen LogP contribution >= 0.6 is 0 Å². The molecule has 0 atom stereocenters. The number of benzene rings is 6. The van der Waals surface area contributed by atoms with Crippen molar-refractivity contribution in [3.63, 3.8) is 0 Å². The highest BCUT2D eigenvalue weighted by Crippen LogP contribution is 2.25. The number of rotatable bonds is 28. The summed E-state index contributed by atoms with van der Waals surface area (Å²) < 4.78 is 40.1. The predicted molar refractivity (Wildman–Crippen MR) is 567 cm³/mol. The molecule has 0 fully saturated rings. The minimum absolute atomic E-state index is 0.00921. The summed E-state index contributed by atoms with van der Waals surface area (Å²) in [6, 6.07) is 46.1. The van der Waals surface area contributed by atoms with Crippen molar-refractivity contribution >= 4 is 70.9 Å². The van der Waals surface area contributed by atoms with E-state index in [4.69, 9.17) is 33.2 Å². The second-order valence-electron chi connectivity index (χ2n) is 42.1. The summed E-state index contributed by atoms with van der Waals surface area (Å²) in [4.78, 5) is 134. The molecule has 6 aromatic rings. The summed E-state index contributed by atoms with van der Waals surface area (Å²) in [7, 11) is 0. The fraction of sp³-hybridized carbons (Fsp3) is 0.593. The van der Waals surface area contributed by atoms with Crippen molar-refractivity contribution < 1.29 is 95.4 Å². The molecule has 0 saturated carbocycles. The van der Waals surface area contributed by atoms with E-state index in [1.54, 1.807) is 43.3 Å². The average molecular weight is 1930 g/mol. The van der Waals surface area contributed by atoms with Crippen molar-refractivity contribution in [2.24, 2.45) is 68.0 Å². The third-order valence-electron chi connectivity index (χ3n) is 18.7. The van der Waals surface area contributed by atoms with Gasteiger partial charge in [0, 0.05) is 48.3 Å². The number of carbonyl (C=O) groups excluding carboxylic acids is 12. The highest BCUT2D eigenvalue weighted by molar-refractivity contribution is 5.86. The van der Waals surface area contributed by atoms with Crippen molar-refractivity contribution in [2.75, 3.05) is 26.4 Å². The summed E-state index contributed by atoms with van der Waals surface area (Å²) >= 11 is 0. The zero-order valence-corrected chi connectivity index (χ0v) is 93.8. The summed E-state index contributed by atoms with van der Waals surface area (Å²) in [6.45, 7) is 82.4. The van der Waals surface area contributed by atoms with Crippen molar-refractivity contribution in [1.29, 1.82) is 0 Å². The van der Waals surface area contributed by atoms with Gasteiger partial charge in [0.05, 0.1) is 71.8 Å². The van der Waals surface area contributed by atoms with Gasteiger partial charge in [0.1, 0.15) is 46.1 Å². The van der Waals surface area contributed by atoms with Gasteiger partial charge in [-0.05, 0) is 235 Å². The van der Waals surface area contributed by atoms with Gasteiger partial charge in [0.15, 0.2) is 0 Å². The molecular formula is C118H188O20. The lowest BCUT2D eigenvalue weighted by Gasteiger charge is -2.16. The first-order valence-electron chi connectivity index (χ1n) is 49.5. The van der Waals surface area contributed by atoms with Crippen molar-refractivity contribution in [3.8, 4) is 23.0 Å². The average Bonchev–Trinajstić information content (AvgIpc) is 0.870. The number of hydrogen-bond donors (Lipinski definition) is 0. The Morgan fingerprint density at radius 2 is 0.536 bits per heavy atom. The number of hydrogen-bond acceptors (Lipinski definition) is 20. The van der Waals surface area contributed by atoms with E-state index in [0.717, 1.165) is 91.2 Å². The molecule has 6 rings (SSSR count). The molecule has 0 heterocycles. The van der Waals surface area contributed by atoms with Crippen LogP contribution in [0.3, 0.4) is 0 Å². The van der Waals surface area contributed by atoms with Gasteiger partial charge in [-0.3, -0.25) is 57.5 Å². The molecule has 138 heavy (non-hydrogen) atoms. The van der Waals surface area contributed by atoms with E-state index in [9.17, 15) is 57.5 Å². The van der Waals surface area contributed by atoms with Crippen molar-refractivity contribution in [2.45, 2.75) is 368 Å². The fourth-order valence-corrected chi connectivity index (χ4v) is 9.04. The molecule has 0 bridgehead atoms. The normalized spacial score (nSPS) is 10.7. The summed E-state index contributed by atoms with van der Waals surface area (Å²) in [5.41, 5.74) is 7.21. The molecule has 780 valence electrons. The van der Waals surface area contributed by atoms with Crippen LogP contribution in [0.4, 0.5) is 0 Å². The van der Waals surface area contributed by atoms with Gasteiger partial charge in [0.25, 0.3) is 0 Å². The monoisotopic (exact) mass is 1930 g/mol. The smallest absolute Gasteiger partial charge is 0.316 e. The number of esters is 8. The Kier molecular flexibility index (Phi) is 75.0. The summed E-state index contributed by atoms with van der Waals surface area (Å²) in [5, 5.41) is 0. The SMILES string of the molecule is CCCC(=O)C(C)(C)C.CCCC(=O)C(C)C.CCCCCOC(=O)C(C)(C)C.CCCCCOC(=O)C(C)C.CCOC(=O)C(C)(C)C.CCOC(=O)C(C)C.Cc1ccc(CC(=O)C(C)(C)C)cc1.Cc1ccc(CC(=O)C(C)C)cc1.Cc1ccc(OC(=O)C(C)(C)C)cc1.Cc1ccc(OC(=O)C(C)C)cc1.Cc1cccc(OC(=O)C(C)(C)C)c1.Cc1cccc(OC(=O)C(C)C)c1. The number of aryl methyl sites for hydroxylation is 6. The van der Waals surface area contributed by atoms with Crippen LogP contribution in [-0.4, -0.2) is 97.3 Å². The fourth-order valence-electron chi connectivity index (χ4n) is 9.04. The topological polar surface area (TPSA) is 279 Å². The van der Waals surface area contributed by atoms with Crippen LogP contribution in [0.5, 0.6) is 23.0 Å². The molecule has 20 heteroatoms. The zero-order chi connectivity index (χ0) is 108. The molecule has 0 radical (unpaired) electrons. The first-order chi connectivity index (χ1) is 63.4. The van der Waals surface area contributed by atoms with Crippen molar-refractivity contribution in [1.82, 2.24) is 0 Å². The highest BCUT2D eigenvalue weighted by Gasteiger charge is 2.27. The second-order valence-corrected chi connectivity index (χ2v) is 42.1. The van der Waals surface area contributed by atoms with Gasteiger partial charge in [-0.2, -0.15) is 0 Å². The quantitative estimate of drug-likeness (QED) is 0.0191. The standard InChI is InChI=1S/C13H18O.2C12H16O2.C12H16O.2C11H14O2.C10H20O2.C9H18O2.C8H16O.C7H14O2.C7H14O.C6H12O2/c1-10-5-7-11(8-6-10)9-12(14)13(2,3)4;1-9-5-7-10(8-6-9)14-11(13)12(2,3)4;1-9-6-5-7-10(8-9)14-11(13)12(2,3)4;1-9(2)12(13)8-11-6-4-10(3)5-7-11;1-8(2)11(12)13-10-6-4-9(3)5-7-10;1-8(2)11(12)13-10-6-4-5-9(3)7-10;1-5-6-7-8-12-9(11)10(2,3)4;1-4-5-6-7-11-9(10)8(2)3;1-5-6-7(9)8(2,3)4;1-5-9-6(8)7(2,3)4;1-4-5-7(8)6(2)3;1-4-8-6(7)5(2)3/h5-8H,9H2,1-4H3;2*5-8H,1-4H3;4-7,9H,8H2,1-3H3;2*4-8H,1-3H3;5-8H2,1-4H3;8H,4-7H2,1-3H3;5-6H2,1-4H3;5H2,1-4H3;6H,4-5H2,1-3H3;5H,4H2,1-3H3. The van der Waals surface area contributed by atoms with E-state index in [-0.39, 0.29) is 105 Å². The maximum Gasteiger partial charge on any atom is 0.316 e. The Bertz CT molecular complexity index is 4180. The van der Waals surface area contributed by atoms with Crippen LogP contribution in [0, 0.1) is 110 Å². The third-order valence-corrected chi connectivity index (χ3v) is 18.7. The molecule has 0 spiro atoms. The molecule has 0 aromatic heterocycles. The molecule has 20 nitrogen and oxygen atoms in total. The van der Waals surface area contributed by atoms with Crippen LogP contribution in [0.2, 0.25) is 0 Å². The predicted octanol–water partition coefficient (Wildman–Crippen LogP) is 29.3. The third kappa shape index (κ3) is 78.7. The van der Waals surface area contributed by atoms with Gasteiger partial charge >= 0.3 is 47.8 Å². The second kappa shape index (κ2) is 74.8. The molecule has 0 unspecified atom stereocenters. The first-order valence-corrected chi connectivity index (χ1v) is 49.5. The number of Topliss-reactive ketones (excluding diaryl/α,β-unsaturated/α-hetero) is 4. The van der Waals surface area contributed by atoms with Gasteiger partial charge in [-0.15, -0.1) is 0 Å². The van der Waals surface area contributed by atoms with Gasteiger partial charge in [0.2, 0.25) is 0 Å². The van der Waals surface area contributed by atoms with Gasteiger partial charge in [-0.25, -0.2) is 0 Å². The molecule has 0 N–H and O–H groups in total. The van der Waals surface area contributed by atoms with Crippen LogP contribution in [0.25, 0.3) is 0 Å². The molecule has 6 aromatic carbocycles. The largest absolute Gasteiger partial charge is 0.466 e. The maximum absolute atomic E-state index is 11.7. The lowest BCUT2D eigenvalue weighted by atomic mass is 9.87. The Balaban J connectivity index is -0.000000346. The summed E-state index contributed by atoms with van der Waals surface area (Å²) in [6.07, 6.45) is 11.1. The van der Waals surface area contributed by atoms with Crippen LogP contribution in [-0.2, 0) is 89.3 Å². The number of ether oxygens (including phenoxy) is 8. The zero-order valence-electron chi connectivity index (χ0n) is 93.8. The summed E-state index contributed by atoms with van der Waals surface area (Å²) in [5.74, 6) is 2.81. The van der Waals surface area contributed by atoms with Crippen LogP contribution < -0.4 is 18.9 Å². The van der Waals surface area contributed by atoms with E-state index in [0.29, 0.717) is 85.4 Å². The Morgan fingerprint density at radius 1 is 0.246 bits per heavy atom.